The van der Waals surface area contributed by atoms with Gasteiger partial charge in [-0.15, -0.1) is 0 Å². The second kappa shape index (κ2) is 8.43. The molecule has 2 aromatic rings. The predicted octanol–water partition coefficient (Wildman–Crippen LogP) is 3.02. The van der Waals surface area contributed by atoms with Crippen molar-refractivity contribution in [2.24, 2.45) is 0 Å². The summed E-state index contributed by atoms with van der Waals surface area (Å²) in [7, 11) is 0. The van der Waals surface area contributed by atoms with Crippen LogP contribution < -0.4 is 21.3 Å². The molecule has 0 aromatic heterocycles. The van der Waals surface area contributed by atoms with Crippen LogP contribution in [-0.4, -0.2) is 24.6 Å². The number of hydrogen-bond donors (Lipinski definition) is 4. The van der Waals surface area contributed by atoms with Gasteiger partial charge in [0.1, 0.15) is 0 Å². The molecule has 120 valence electrons. The minimum Gasteiger partial charge on any atom is -0.336 e. The predicted molar refractivity (Wildman–Crippen MR) is 91.5 cm³/mol. The Bertz CT molecular complexity index is 632. The monoisotopic (exact) mass is 312 g/mol. The Morgan fingerprint density at radius 1 is 0.826 bits per heavy atom. The molecule has 0 saturated carbocycles. The van der Waals surface area contributed by atoms with E-state index in [2.05, 4.69) is 21.3 Å². The van der Waals surface area contributed by atoms with Crippen molar-refractivity contribution >= 4 is 23.4 Å². The Balaban J connectivity index is 1.69. The van der Waals surface area contributed by atoms with Crippen molar-refractivity contribution in [3.63, 3.8) is 0 Å². The highest BCUT2D eigenvalue weighted by Crippen LogP contribution is 2.05. The lowest BCUT2D eigenvalue weighted by Gasteiger charge is -2.16. The van der Waals surface area contributed by atoms with Gasteiger partial charge in [0.25, 0.3) is 0 Å². The maximum Gasteiger partial charge on any atom is 0.319 e. The van der Waals surface area contributed by atoms with Gasteiger partial charge in [0.05, 0.1) is 0 Å². The molecule has 0 unspecified atom stereocenters. The zero-order chi connectivity index (χ0) is 16.5. The molecule has 6 nitrogen and oxygen atoms in total. The fourth-order valence-electron chi connectivity index (χ4n) is 1.91. The molecule has 0 aliphatic rings. The maximum atomic E-state index is 11.8. The van der Waals surface area contributed by atoms with Crippen LogP contribution >= 0.6 is 0 Å². The lowest BCUT2D eigenvalue weighted by molar-refractivity contribution is 0.244. The second-order valence-electron chi connectivity index (χ2n) is 5.07. The number of carbonyl (C=O) groups is 2. The molecule has 23 heavy (non-hydrogen) atoms. The number of hydrogen-bond acceptors (Lipinski definition) is 2. The van der Waals surface area contributed by atoms with Crippen molar-refractivity contribution in [2.75, 3.05) is 17.2 Å². The Morgan fingerprint density at radius 3 is 1.83 bits per heavy atom. The molecule has 6 heteroatoms. The van der Waals surface area contributed by atoms with Gasteiger partial charge in [0.2, 0.25) is 0 Å². The van der Waals surface area contributed by atoms with Crippen LogP contribution in [0, 0.1) is 0 Å². The SMILES string of the molecule is C[C@H](CNC(=O)Nc1ccccc1)NC(=O)Nc1ccccc1. The van der Waals surface area contributed by atoms with E-state index < -0.39 is 0 Å². The molecule has 0 radical (unpaired) electrons. The van der Waals surface area contributed by atoms with Gasteiger partial charge in [-0.3, -0.25) is 0 Å². The van der Waals surface area contributed by atoms with E-state index in [0.29, 0.717) is 17.9 Å². The molecule has 4 N–H and O–H groups in total. The summed E-state index contributed by atoms with van der Waals surface area (Å²) in [5, 5.41) is 10.9. The van der Waals surface area contributed by atoms with Gasteiger partial charge in [-0.25, -0.2) is 9.59 Å². The molecule has 0 fully saturated rings. The summed E-state index contributed by atoms with van der Waals surface area (Å²) in [6.07, 6.45) is 0. The molecule has 0 heterocycles. The first-order chi connectivity index (χ1) is 11.1. The summed E-state index contributed by atoms with van der Waals surface area (Å²) in [6, 6.07) is 17.5. The van der Waals surface area contributed by atoms with Crippen LogP contribution in [0.2, 0.25) is 0 Å². The van der Waals surface area contributed by atoms with E-state index in [-0.39, 0.29) is 18.1 Å². The van der Waals surface area contributed by atoms with Gasteiger partial charge >= 0.3 is 12.1 Å². The highest BCUT2D eigenvalue weighted by Gasteiger charge is 2.09. The lowest BCUT2D eigenvalue weighted by atomic mass is 10.3. The molecular formula is C17H20N4O2. The Morgan fingerprint density at radius 2 is 1.30 bits per heavy atom. The average molecular weight is 312 g/mol. The van der Waals surface area contributed by atoms with E-state index in [1.165, 1.54) is 0 Å². The summed E-state index contributed by atoms with van der Waals surface area (Å²) < 4.78 is 0. The van der Waals surface area contributed by atoms with Gasteiger partial charge in [0, 0.05) is 24.0 Å². The van der Waals surface area contributed by atoms with Crippen molar-refractivity contribution in [2.45, 2.75) is 13.0 Å². The Hall–Kier alpha value is -3.02. The quantitative estimate of drug-likeness (QED) is 0.684. The lowest BCUT2D eigenvalue weighted by Crippen LogP contribution is -2.44. The summed E-state index contributed by atoms with van der Waals surface area (Å²) in [5.41, 5.74) is 1.43. The van der Waals surface area contributed by atoms with E-state index >= 15 is 0 Å². The number of amides is 4. The van der Waals surface area contributed by atoms with E-state index in [9.17, 15) is 9.59 Å². The van der Waals surface area contributed by atoms with Crippen LogP contribution in [0.3, 0.4) is 0 Å². The summed E-state index contributed by atoms with van der Waals surface area (Å²) >= 11 is 0. The third-order valence-corrected chi connectivity index (χ3v) is 3.01. The number of urea groups is 2. The number of rotatable bonds is 5. The third kappa shape index (κ3) is 6.09. The number of para-hydroxylation sites is 2. The van der Waals surface area contributed by atoms with Crippen molar-refractivity contribution in [3.05, 3.63) is 60.7 Å². The first kappa shape index (κ1) is 16.4. The summed E-state index contributed by atoms with van der Waals surface area (Å²) in [5.74, 6) is 0. The van der Waals surface area contributed by atoms with Gasteiger partial charge in [-0.2, -0.15) is 0 Å². The summed E-state index contributed by atoms with van der Waals surface area (Å²) in [4.78, 5) is 23.6. The van der Waals surface area contributed by atoms with Crippen molar-refractivity contribution in [3.8, 4) is 0 Å². The fraction of sp³-hybridized carbons (Fsp3) is 0.176. The number of nitrogens with one attached hydrogen (secondary N) is 4. The zero-order valence-electron chi connectivity index (χ0n) is 12.9. The molecule has 0 saturated heterocycles. The van der Waals surface area contributed by atoms with Gasteiger partial charge in [0.15, 0.2) is 0 Å². The van der Waals surface area contributed by atoms with Crippen LogP contribution in [0.1, 0.15) is 6.92 Å². The van der Waals surface area contributed by atoms with Crippen LogP contribution in [0.25, 0.3) is 0 Å². The summed E-state index contributed by atoms with van der Waals surface area (Å²) in [6.45, 7) is 2.13. The smallest absolute Gasteiger partial charge is 0.319 e. The van der Waals surface area contributed by atoms with Gasteiger partial charge in [-0.1, -0.05) is 36.4 Å². The van der Waals surface area contributed by atoms with Crippen LogP contribution in [0.5, 0.6) is 0 Å². The maximum absolute atomic E-state index is 11.8. The number of anilines is 2. The fourth-order valence-corrected chi connectivity index (χ4v) is 1.91. The highest BCUT2D eigenvalue weighted by atomic mass is 16.2. The molecule has 4 amide bonds. The Labute approximate surface area is 135 Å². The van der Waals surface area contributed by atoms with E-state index in [1.807, 2.05) is 43.3 Å². The van der Waals surface area contributed by atoms with Gasteiger partial charge in [-0.05, 0) is 31.2 Å². The van der Waals surface area contributed by atoms with Crippen LogP contribution in [0.15, 0.2) is 60.7 Å². The molecule has 2 aromatic carbocycles. The zero-order valence-corrected chi connectivity index (χ0v) is 12.9. The second-order valence-corrected chi connectivity index (χ2v) is 5.07. The normalized spacial score (nSPS) is 11.2. The largest absolute Gasteiger partial charge is 0.336 e. The van der Waals surface area contributed by atoms with Crippen LogP contribution in [0.4, 0.5) is 21.0 Å². The molecule has 0 bridgehead atoms. The van der Waals surface area contributed by atoms with Crippen LogP contribution in [-0.2, 0) is 0 Å². The third-order valence-electron chi connectivity index (χ3n) is 3.01. The number of carbonyl (C=O) groups excluding carboxylic acids is 2. The van der Waals surface area contributed by atoms with E-state index in [0.717, 1.165) is 0 Å². The molecule has 2 rings (SSSR count). The van der Waals surface area contributed by atoms with Gasteiger partial charge < -0.3 is 21.3 Å². The van der Waals surface area contributed by atoms with E-state index in [4.69, 9.17) is 0 Å². The molecule has 0 spiro atoms. The first-order valence-corrected chi connectivity index (χ1v) is 7.36. The number of benzene rings is 2. The Kier molecular flexibility index (Phi) is 5.99. The first-order valence-electron chi connectivity index (χ1n) is 7.36. The topological polar surface area (TPSA) is 82.3 Å². The van der Waals surface area contributed by atoms with Crippen molar-refractivity contribution < 1.29 is 9.59 Å². The average Bonchev–Trinajstić information content (AvgIpc) is 2.55. The standard InChI is InChI=1S/C17H20N4O2/c1-13(19-17(23)21-15-10-6-3-7-11-15)12-18-16(22)20-14-8-4-2-5-9-14/h2-11,13H,12H2,1H3,(H2,18,20,22)(H2,19,21,23)/t13-/m1/s1. The van der Waals surface area contributed by atoms with Crippen molar-refractivity contribution in [1.82, 2.24) is 10.6 Å². The van der Waals surface area contributed by atoms with E-state index in [1.54, 1.807) is 24.3 Å². The highest BCUT2D eigenvalue weighted by molar-refractivity contribution is 5.90. The molecule has 1 atom stereocenters. The van der Waals surface area contributed by atoms with Crippen molar-refractivity contribution in [1.29, 1.82) is 0 Å². The molecular weight excluding hydrogens is 292 g/mol. The minimum atomic E-state index is -0.312. The molecule has 0 aliphatic heterocycles. The minimum absolute atomic E-state index is 0.208. The molecule has 0 aliphatic carbocycles.